The molecule has 0 atom stereocenters. The van der Waals surface area contributed by atoms with Crippen LogP contribution in [0.25, 0.3) is 0 Å². The van der Waals surface area contributed by atoms with E-state index < -0.39 is 15.9 Å². The number of amides is 1. The Balaban J connectivity index is 2.19. The molecule has 0 aliphatic rings. The minimum atomic E-state index is -4.23. The first kappa shape index (κ1) is 21.6. The third-order valence-corrected chi connectivity index (χ3v) is 5.14. The van der Waals surface area contributed by atoms with Crippen LogP contribution in [-0.4, -0.2) is 46.6 Å². The summed E-state index contributed by atoms with van der Waals surface area (Å²) in [6.45, 7) is 2.50. The van der Waals surface area contributed by atoms with Crippen LogP contribution in [0.4, 0.5) is 4.39 Å². The molecule has 0 N–H and O–H groups in total. The largest absolute Gasteiger partial charge is 0.494 e. The molecule has 28 heavy (non-hydrogen) atoms. The smallest absolute Gasteiger partial charge is 0.339 e. The maximum Gasteiger partial charge on any atom is 0.339 e. The third kappa shape index (κ3) is 5.67. The van der Waals surface area contributed by atoms with Crippen LogP contribution in [0.1, 0.15) is 12.5 Å². The number of nitrogens with zero attached hydrogens (tertiary/aromatic N) is 1. The Morgan fingerprint density at radius 3 is 2.50 bits per heavy atom. The zero-order valence-electron chi connectivity index (χ0n) is 15.8. The summed E-state index contributed by atoms with van der Waals surface area (Å²) in [7, 11) is -1.41. The van der Waals surface area contributed by atoms with Gasteiger partial charge in [0.2, 0.25) is 5.91 Å². The van der Waals surface area contributed by atoms with Gasteiger partial charge in [-0.15, -0.1) is 0 Å². The molecule has 2 aromatic carbocycles. The van der Waals surface area contributed by atoms with Gasteiger partial charge in [0, 0.05) is 27.1 Å². The molecular formula is C19H22FNO6S. The lowest BCUT2D eigenvalue weighted by atomic mass is 10.2. The molecule has 0 aromatic heterocycles. The van der Waals surface area contributed by atoms with Crippen molar-refractivity contribution in [1.82, 2.24) is 4.90 Å². The monoisotopic (exact) mass is 411 g/mol. The van der Waals surface area contributed by atoms with Gasteiger partial charge in [-0.2, -0.15) is 8.42 Å². The van der Waals surface area contributed by atoms with Gasteiger partial charge in [0.1, 0.15) is 10.6 Å². The lowest BCUT2D eigenvalue weighted by Gasteiger charge is -2.21. The Morgan fingerprint density at radius 2 is 1.89 bits per heavy atom. The number of carbonyl (C=O) groups is 1. The topological polar surface area (TPSA) is 82.1 Å². The summed E-state index contributed by atoms with van der Waals surface area (Å²) in [6.07, 6.45) is 0. The summed E-state index contributed by atoms with van der Waals surface area (Å²) >= 11 is 0. The van der Waals surface area contributed by atoms with E-state index in [2.05, 4.69) is 0 Å². The highest BCUT2D eigenvalue weighted by Crippen LogP contribution is 2.24. The van der Waals surface area contributed by atoms with Crippen LogP contribution in [0.15, 0.2) is 47.4 Å². The van der Waals surface area contributed by atoms with Crippen LogP contribution in [0.3, 0.4) is 0 Å². The van der Waals surface area contributed by atoms with Gasteiger partial charge in [-0.25, -0.2) is 4.39 Å². The van der Waals surface area contributed by atoms with E-state index in [1.807, 2.05) is 0 Å². The predicted octanol–water partition coefficient (Wildman–Crippen LogP) is 2.60. The first-order valence-corrected chi connectivity index (χ1v) is 9.79. The van der Waals surface area contributed by atoms with Gasteiger partial charge in [0.15, 0.2) is 11.6 Å². The molecule has 2 aromatic rings. The molecule has 0 heterocycles. The lowest BCUT2D eigenvalue weighted by molar-refractivity contribution is -0.130. The fraction of sp³-hybridized carbons (Fsp3) is 0.316. The lowest BCUT2D eigenvalue weighted by Crippen LogP contribution is -2.31. The normalized spacial score (nSPS) is 11.1. The van der Waals surface area contributed by atoms with E-state index in [0.717, 1.165) is 6.07 Å². The van der Waals surface area contributed by atoms with E-state index >= 15 is 0 Å². The number of carbonyl (C=O) groups excluding carboxylic acids is 1. The van der Waals surface area contributed by atoms with Crippen LogP contribution in [-0.2, 0) is 26.2 Å². The Kier molecular flexibility index (Phi) is 7.36. The van der Waals surface area contributed by atoms with Crippen molar-refractivity contribution in [3.05, 3.63) is 53.8 Å². The molecule has 0 radical (unpaired) electrons. The summed E-state index contributed by atoms with van der Waals surface area (Å²) in [4.78, 5) is 13.0. The fourth-order valence-electron chi connectivity index (χ4n) is 2.44. The second-order valence-corrected chi connectivity index (χ2v) is 7.46. The summed E-state index contributed by atoms with van der Waals surface area (Å²) < 4.78 is 53.5. The van der Waals surface area contributed by atoms with Gasteiger partial charge in [-0.05, 0) is 35.9 Å². The van der Waals surface area contributed by atoms with Crippen LogP contribution < -0.4 is 8.92 Å². The summed E-state index contributed by atoms with van der Waals surface area (Å²) in [6, 6.07) is 9.58. The van der Waals surface area contributed by atoms with Crippen molar-refractivity contribution in [2.75, 3.05) is 27.4 Å². The van der Waals surface area contributed by atoms with Crippen molar-refractivity contribution in [1.29, 1.82) is 0 Å². The van der Waals surface area contributed by atoms with Crippen molar-refractivity contribution < 1.29 is 31.3 Å². The summed E-state index contributed by atoms with van der Waals surface area (Å²) in [5.74, 6) is -0.953. The Hall–Kier alpha value is -2.65. The molecule has 0 saturated heterocycles. The standard InChI is InChI=1S/C19H22FNO6S/c1-14(22)21(9-10-25-2)13-15-5-4-6-16(11-15)27-28(23,24)17-7-8-19(26-3)18(20)12-17/h4-8,11-12H,9-10,13H2,1-3H3. The molecule has 7 nitrogen and oxygen atoms in total. The molecule has 0 aliphatic carbocycles. The molecule has 0 fully saturated rings. The maximum absolute atomic E-state index is 13.8. The van der Waals surface area contributed by atoms with Crippen LogP contribution in [0, 0.1) is 5.82 Å². The van der Waals surface area contributed by atoms with E-state index in [9.17, 15) is 17.6 Å². The number of ether oxygens (including phenoxy) is 2. The van der Waals surface area contributed by atoms with E-state index in [0.29, 0.717) is 18.7 Å². The molecular weight excluding hydrogens is 389 g/mol. The fourth-order valence-corrected chi connectivity index (χ4v) is 3.38. The van der Waals surface area contributed by atoms with Crippen molar-refractivity contribution in [2.45, 2.75) is 18.4 Å². The first-order chi connectivity index (χ1) is 13.3. The van der Waals surface area contributed by atoms with E-state index in [1.165, 1.54) is 38.3 Å². The Labute approximate surface area is 163 Å². The number of methoxy groups -OCH3 is 2. The minimum Gasteiger partial charge on any atom is -0.494 e. The molecule has 0 unspecified atom stereocenters. The molecule has 0 aliphatic heterocycles. The van der Waals surface area contributed by atoms with E-state index in [-0.39, 0.29) is 28.8 Å². The number of hydrogen-bond acceptors (Lipinski definition) is 6. The number of rotatable bonds is 9. The third-order valence-electron chi connectivity index (χ3n) is 3.90. The minimum absolute atomic E-state index is 0.0592. The zero-order chi connectivity index (χ0) is 20.7. The van der Waals surface area contributed by atoms with Gasteiger partial charge in [0.25, 0.3) is 0 Å². The van der Waals surface area contributed by atoms with Crippen molar-refractivity contribution in [3.63, 3.8) is 0 Å². The molecule has 0 bridgehead atoms. The Bertz CT molecular complexity index is 932. The molecule has 152 valence electrons. The van der Waals surface area contributed by atoms with Crippen LogP contribution >= 0.6 is 0 Å². The highest BCUT2D eigenvalue weighted by atomic mass is 32.2. The predicted molar refractivity (Wildman–Crippen MR) is 100 cm³/mol. The van der Waals surface area contributed by atoms with Crippen LogP contribution in [0.2, 0.25) is 0 Å². The second kappa shape index (κ2) is 9.52. The molecule has 0 spiro atoms. The number of halogens is 1. The first-order valence-electron chi connectivity index (χ1n) is 8.38. The quantitative estimate of drug-likeness (QED) is 0.590. The number of benzene rings is 2. The summed E-state index contributed by atoms with van der Waals surface area (Å²) in [5, 5.41) is 0. The SMILES string of the molecule is COCCN(Cc1cccc(OS(=O)(=O)c2ccc(OC)c(F)c2)c1)C(C)=O. The zero-order valence-corrected chi connectivity index (χ0v) is 16.7. The van der Waals surface area contributed by atoms with Gasteiger partial charge in [0.05, 0.1) is 13.7 Å². The highest BCUT2D eigenvalue weighted by Gasteiger charge is 2.19. The number of hydrogen-bond donors (Lipinski definition) is 0. The molecule has 0 saturated carbocycles. The average Bonchev–Trinajstić information content (AvgIpc) is 2.64. The highest BCUT2D eigenvalue weighted by molar-refractivity contribution is 7.87. The average molecular weight is 411 g/mol. The van der Waals surface area contributed by atoms with Crippen molar-refractivity contribution in [2.24, 2.45) is 0 Å². The van der Waals surface area contributed by atoms with Gasteiger partial charge in [-0.1, -0.05) is 12.1 Å². The van der Waals surface area contributed by atoms with Crippen LogP contribution in [0.5, 0.6) is 11.5 Å². The van der Waals surface area contributed by atoms with Gasteiger partial charge >= 0.3 is 10.1 Å². The van der Waals surface area contributed by atoms with Gasteiger partial charge < -0.3 is 18.6 Å². The van der Waals surface area contributed by atoms with Gasteiger partial charge in [-0.3, -0.25) is 4.79 Å². The Morgan fingerprint density at radius 1 is 1.14 bits per heavy atom. The maximum atomic E-state index is 13.8. The van der Waals surface area contributed by atoms with E-state index in [4.69, 9.17) is 13.7 Å². The molecule has 2 rings (SSSR count). The molecule has 1 amide bonds. The second-order valence-electron chi connectivity index (χ2n) is 5.91. The molecule has 9 heteroatoms. The summed E-state index contributed by atoms with van der Waals surface area (Å²) in [5.41, 5.74) is 0.680. The van der Waals surface area contributed by atoms with E-state index in [1.54, 1.807) is 24.1 Å². The van der Waals surface area contributed by atoms with Crippen molar-refractivity contribution in [3.8, 4) is 11.5 Å². The van der Waals surface area contributed by atoms with Crippen molar-refractivity contribution >= 4 is 16.0 Å².